The molecule has 0 atom stereocenters. The van der Waals surface area contributed by atoms with E-state index in [0.29, 0.717) is 6.42 Å². The molecule has 115 heavy (non-hydrogen) atoms. The Morgan fingerprint density at radius 1 is 0.200 bits per heavy atom. The number of aryl methyl sites for hydroxylation is 1. The summed E-state index contributed by atoms with van der Waals surface area (Å²) >= 11 is 0. The number of anilines is 3. The van der Waals surface area contributed by atoms with Gasteiger partial charge in [-0.1, -0.05) is 346 Å². The highest BCUT2D eigenvalue weighted by Crippen LogP contribution is 2.66. The number of hydrogen-bond acceptors (Lipinski definition) is 1. The van der Waals surface area contributed by atoms with Gasteiger partial charge in [-0.05, 0) is 288 Å². The summed E-state index contributed by atoms with van der Waals surface area (Å²) in [5.74, 6) is 0. The van der Waals surface area contributed by atoms with Crippen LogP contribution in [0.15, 0.2) is 370 Å². The van der Waals surface area contributed by atoms with Gasteiger partial charge in [-0.25, -0.2) is 0 Å². The summed E-state index contributed by atoms with van der Waals surface area (Å²) in [5.41, 5.74) is 53.9. The lowest BCUT2D eigenvalue weighted by molar-refractivity contribution is 1.19. The number of fused-ring (bicyclic) bond motifs is 13. The van der Waals surface area contributed by atoms with Gasteiger partial charge in [-0.2, -0.15) is 0 Å². The van der Waals surface area contributed by atoms with Crippen LogP contribution in [0.4, 0.5) is 17.1 Å². The van der Waals surface area contributed by atoms with E-state index >= 15 is 0 Å². The number of para-hydroxylation sites is 1. The first-order valence-corrected chi connectivity index (χ1v) is 40.7. The Labute approximate surface area is 674 Å². The van der Waals surface area contributed by atoms with Crippen molar-refractivity contribution in [2.45, 2.75) is 53.4 Å². The summed E-state index contributed by atoms with van der Waals surface area (Å²) in [6.45, 7) is 9.56. The highest BCUT2D eigenvalue weighted by atomic mass is 15.2. The van der Waals surface area contributed by atoms with Crippen LogP contribution in [0.3, 0.4) is 0 Å². The Kier molecular flexibility index (Phi) is 16.2. The fraction of sp³-hybridized carbons (Fsp3) is 0.0702. The van der Waals surface area contributed by atoms with Gasteiger partial charge in [0.05, 0.1) is 11.4 Å². The zero-order valence-electron chi connectivity index (χ0n) is 65.0. The predicted octanol–water partition coefficient (Wildman–Crippen LogP) is 30.5. The molecule has 0 unspecified atom stereocenters. The molecule has 22 rings (SSSR count). The molecule has 0 aliphatic heterocycles. The van der Waals surface area contributed by atoms with Crippen molar-refractivity contribution in [2.75, 3.05) is 4.90 Å². The van der Waals surface area contributed by atoms with Gasteiger partial charge >= 0.3 is 0 Å². The van der Waals surface area contributed by atoms with E-state index < -0.39 is 0 Å². The first kappa shape index (κ1) is 67.9. The summed E-state index contributed by atoms with van der Waals surface area (Å²) in [4.78, 5) is 2.74. The van der Waals surface area contributed by atoms with E-state index in [1.54, 1.807) is 0 Å². The van der Waals surface area contributed by atoms with Gasteiger partial charge in [0.25, 0.3) is 0 Å². The molecule has 1 nitrogen and oxygen atoms in total. The van der Waals surface area contributed by atoms with E-state index in [9.17, 15) is 0 Å². The van der Waals surface area contributed by atoms with E-state index in [0.717, 1.165) is 41.8 Å². The highest BCUT2D eigenvalue weighted by molar-refractivity contribution is 6.20. The molecule has 0 saturated carbocycles. The van der Waals surface area contributed by atoms with Crippen molar-refractivity contribution in [1.82, 2.24) is 0 Å². The molecule has 0 saturated heterocycles. The molecule has 0 amide bonds. The molecule has 4 aliphatic rings. The average molecular weight is 1460 g/mol. The van der Waals surface area contributed by atoms with Crippen LogP contribution in [-0.2, 0) is 25.7 Å². The van der Waals surface area contributed by atoms with Crippen LogP contribution in [0, 0.1) is 27.7 Å². The van der Waals surface area contributed by atoms with Crippen LogP contribution in [0.2, 0.25) is 0 Å². The van der Waals surface area contributed by atoms with Crippen molar-refractivity contribution in [3.05, 3.63) is 437 Å². The van der Waals surface area contributed by atoms with Crippen LogP contribution >= 0.6 is 0 Å². The molecule has 4 aliphatic carbocycles. The van der Waals surface area contributed by atoms with E-state index in [2.05, 4.69) is 403 Å². The minimum absolute atomic E-state index is 0.630. The van der Waals surface area contributed by atoms with Crippen LogP contribution in [0.25, 0.3) is 167 Å². The van der Waals surface area contributed by atoms with Crippen molar-refractivity contribution in [1.29, 1.82) is 0 Å². The maximum atomic E-state index is 2.74. The molecule has 1 heteroatoms. The first-order chi connectivity index (χ1) is 56.8. The predicted molar refractivity (Wildman–Crippen MR) is 485 cm³/mol. The van der Waals surface area contributed by atoms with Gasteiger partial charge < -0.3 is 4.90 Å². The Hall–Kier alpha value is -14.0. The minimum atomic E-state index is 0.630. The second-order valence-electron chi connectivity index (χ2n) is 31.9. The van der Waals surface area contributed by atoms with Crippen LogP contribution in [0.5, 0.6) is 0 Å². The Bertz CT molecular complexity index is 7000. The minimum Gasteiger partial charge on any atom is -0.309 e. The Balaban J connectivity index is 0.979. The second-order valence-corrected chi connectivity index (χ2v) is 31.9. The van der Waals surface area contributed by atoms with E-state index in [1.807, 2.05) is 0 Å². The fourth-order valence-electron chi connectivity index (χ4n) is 20.6. The molecule has 0 heterocycles. The highest BCUT2D eigenvalue weighted by Gasteiger charge is 2.42. The van der Waals surface area contributed by atoms with Gasteiger partial charge in [0.2, 0.25) is 0 Å². The summed E-state index contributed by atoms with van der Waals surface area (Å²) in [5, 5.41) is 2.51. The maximum absolute atomic E-state index is 2.74. The zero-order valence-corrected chi connectivity index (χ0v) is 65.0. The fourth-order valence-corrected chi connectivity index (χ4v) is 20.6. The third-order valence-electron chi connectivity index (χ3n) is 25.9. The van der Waals surface area contributed by atoms with E-state index in [4.69, 9.17) is 0 Å². The van der Waals surface area contributed by atoms with Gasteiger partial charge in [0.15, 0.2) is 0 Å². The topological polar surface area (TPSA) is 3.24 Å². The van der Waals surface area contributed by atoms with Crippen LogP contribution in [-0.4, -0.2) is 0 Å². The standard InChI is InChI=1S/C114H81N/c1-70-61-64-101(103(71(70)2)93-60-34-58-90-87-54-28-24-46-80(87)65-96(90)93)115(84-50-21-10-22-51-84)114-100-68-83-62-63-94(102-72(3)73(4)104(91-59-33-49-75-39-23-27-52-85(75)91)109-89-56-30-26-48-82(89)67-99(102)109)110(92-57-32-31-53-86(92)74-35-11-5-12-36-74)107(83)112(100)113(106(78-42-17-8-18-43-78)108(114)79-44-19-9-20-45-79)111-98-66-81-47-25-29-55-88(81)97(98)69-95(76-37-13-6-14-38-76)105(111)77-40-15-7-16-41-77/h5-64,69H,65-68H2,1-4H3. The number of nitrogens with zero attached hydrogens (tertiary/aromatic N) is 1. The van der Waals surface area contributed by atoms with Gasteiger partial charge in [-0.15, -0.1) is 0 Å². The van der Waals surface area contributed by atoms with Crippen molar-refractivity contribution in [3.63, 3.8) is 0 Å². The number of hydrogen-bond donors (Lipinski definition) is 0. The Morgan fingerprint density at radius 3 is 1.33 bits per heavy atom. The third kappa shape index (κ3) is 10.7. The van der Waals surface area contributed by atoms with Gasteiger partial charge in [0, 0.05) is 28.8 Å². The summed E-state index contributed by atoms with van der Waals surface area (Å²) in [7, 11) is 0. The maximum Gasteiger partial charge on any atom is 0.0588 e. The quantitative estimate of drug-likeness (QED) is 0.111. The van der Waals surface area contributed by atoms with E-state index in [-0.39, 0.29) is 0 Å². The lowest BCUT2D eigenvalue weighted by Crippen LogP contribution is -2.17. The first-order valence-electron chi connectivity index (χ1n) is 40.7. The van der Waals surface area contributed by atoms with Gasteiger partial charge in [-0.3, -0.25) is 0 Å². The lowest BCUT2D eigenvalue weighted by Gasteiger charge is -2.36. The molecule has 0 radical (unpaired) electrons. The monoisotopic (exact) mass is 1460 g/mol. The largest absolute Gasteiger partial charge is 0.309 e. The number of benzene rings is 18. The molecular weight excluding hydrogens is 1380 g/mol. The summed E-state index contributed by atoms with van der Waals surface area (Å²) in [6, 6.07) is 141. The molecule has 0 fully saturated rings. The van der Waals surface area contributed by atoms with Crippen molar-refractivity contribution >= 4 is 27.8 Å². The molecule has 0 aromatic heterocycles. The molecule has 18 aromatic carbocycles. The lowest BCUT2D eigenvalue weighted by atomic mass is 9.73. The van der Waals surface area contributed by atoms with Gasteiger partial charge in [0.1, 0.15) is 0 Å². The second kappa shape index (κ2) is 27.4. The molecule has 0 bridgehead atoms. The summed E-state index contributed by atoms with van der Waals surface area (Å²) < 4.78 is 0. The third-order valence-corrected chi connectivity index (χ3v) is 25.9. The zero-order chi connectivity index (χ0) is 76.5. The molecular formula is C114H81N. The summed E-state index contributed by atoms with van der Waals surface area (Å²) in [6.07, 6.45) is 3.02. The molecule has 0 N–H and O–H groups in total. The molecule has 0 spiro atoms. The van der Waals surface area contributed by atoms with Crippen LogP contribution in [0.1, 0.15) is 66.8 Å². The SMILES string of the molecule is Cc1ccc(N(c2ccccc2)c2c3c(c(-c4c5c(cc(-c6ccccc6)c4-c4ccccc4)-c4ccccc4C5)c(-c4ccccc4)c2-c2ccccc2)-c2c(ccc(-c4c(C)c(C)c(-c5cccc6ccccc56)c5c4Cc4ccccc4-5)c2-c2ccccc2-c2ccccc2)C3)c(-c2cccc3c2Cc2ccccc2-3)c1C. The van der Waals surface area contributed by atoms with E-state index in [1.165, 1.54) is 228 Å². The molecule has 542 valence electrons. The van der Waals surface area contributed by atoms with Crippen LogP contribution < -0.4 is 4.90 Å². The van der Waals surface area contributed by atoms with Crippen molar-refractivity contribution in [3.8, 4) is 156 Å². The Morgan fingerprint density at radius 2 is 0.661 bits per heavy atom. The van der Waals surface area contributed by atoms with Crippen molar-refractivity contribution < 1.29 is 0 Å². The van der Waals surface area contributed by atoms with Crippen molar-refractivity contribution in [2.24, 2.45) is 0 Å². The number of rotatable bonds is 13. The average Bonchev–Trinajstić information content (AvgIpc) is 1.63. The molecule has 18 aromatic rings. The normalized spacial score (nSPS) is 12.4. The smallest absolute Gasteiger partial charge is 0.0588 e.